The Bertz CT molecular complexity index is 743. The fourth-order valence-corrected chi connectivity index (χ4v) is 2.50. The minimum atomic E-state index is -0.843. The van der Waals surface area contributed by atoms with Crippen LogP contribution in [-0.4, -0.2) is 42.5 Å². The number of aliphatic hydroxyl groups excluding tert-OH is 1. The number of rotatable bonds is 9. The van der Waals surface area contributed by atoms with E-state index in [9.17, 15) is 15.0 Å². The highest BCUT2D eigenvalue weighted by atomic mass is 16.5. The lowest BCUT2D eigenvalue weighted by Crippen LogP contribution is -2.34. The number of aromatic hydroxyl groups is 1. The van der Waals surface area contributed by atoms with Crippen LogP contribution in [0.4, 0.5) is 0 Å². The van der Waals surface area contributed by atoms with Crippen molar-refractivity contribution in [2.24, 2.45) is 0 Å². The van der Waals surface area contributed by atoms with Crippen molar-refractivity contribution in [3.63, 3.8) is 0 Å². The van der Waals surface area contributed by atoms with Crippen LogP contribution in [0.15, 0.2) is 42.5 Å². The van der Waals surface area contributed by atoms with Crippen molar-refractivity contribution in [2.45, 2.75) is 32.5 Å². The fourth-order valence-electron chi connectivity index (χ4n) is 2.50. The third-order valence-electron chi connectivity index (χ3n) is 4.17. The minimum Gasteiger partial charge on any atom is -0.507 e. The van der Waals surface area contributed by atoms with Gasteiger partial charge in [-0.25, -0.2) is 0 Å². The number of hydrogen-bond donors (Lipinski definition) is 3. The van der Waals surface area contributed by atoms with E-state index in [0.29, 0.717) is 6.61 Å². The number of methoxy groups -OCH3 is 1. The molecule has 0 aliphatic rings. The smallest absolute Gasteiger partial charge is 0.255 e. The highest BCUT2D eigenvalue weighted by molar-refractivity contribution is 5.96. The van der Waals surface area contributed by atoms with Crippen LogP contribution in [0.1, 0.15) is 41.3 Å². The number of benzene rings is 2. The first kappa shape index (κ1) is 20.7. The molecule has 0 saturated carbocycles. The maximum atomic E-state index is 12.2. The van der Waals surface area contributed by atoms with Gasteiger partial charge >= 0.3 is 0 Å². The van der Waals surface area contributed by atoms with Crippen molar-refractivity contribution in [1.82, 2.24) is 5.32 Å². The number of carbonyl (C=O) groups excluding carboxylic acids is 1. The third kappa shape index (κ3) is 6.27. The zero-order chi connectivity index (χ0) is 19.8. The van der Waals surface area contributed by atoms with E-state index in [2.05, 4.69) is 5.32 Å². The summed E-state index contributed by atoms with van der Waals surface area (Å²) in [6.07, 6.45) is -0.843. The standard InChI is InChI=1S/C21H27NO5/c1-14(2)16-6-9-19(20(24)10-16)21(25)22-11-17(23)13-27-12-15-4-7-18(26-3)8-5-15/h4-10,14,17,23-24H,11-13H2,1-3H3,(H,22,25). The van der Waals surface area contributed by atoms with E-state index < -0.39 is 12.0 Å². The monoisotopic (exact) mass is 373 g/mol. The maximum Gasteiger partial charge on any atom is 0.255 e. The molecule has 0 aliphatic carbocycles. The molecule has 1 atom stereocenters. The van der Waals surface area contributed by atoms with Crippen LogP contribution in [0, 0.1) is 0 Å². The second-order valence-electron chi connectivity index (χ2n) is 6.66. The molecule has 0 fully saturated rings. The molecule has 27 heavy (non-hydrogen) atoms. The summed E-state index contributed by atoms with van der Waals surface area (Å²) in [6.45, 7) is 4.50. The molecule has 6 nitrogen and oxygen atoms in total. The van der Waals surface area contributed by atoms with Crippen LogP contribution in [0.5, 0.6) is 11.5 Å². The summed E-state index contributed by atoms with van der Waals surface area (Å²) in [4.78, 5) is 12.2. The fraction of sp³-hybridized carbons (Fsp3) is 0.381. The second-order valence-corrected chi connectivity index (χ2v) is 6.66. The Kier molecular flexibility index (Phi) is 7.64. The van der Waals surface area contributed by atoms with E-state index in [1.807, 2.05) is 44.2 Å². The Balaban J connectivity index is 1.75. The average Bonchev–Trinajstić information content (AvgIpc) is 2.66. The normalized spacial score (nSPS) is 12.0. The molecule has 1 amide bonds. The summed E-state index contributed by atoms with van der Waals surface area (Å²) < 4.78 is 10.6. The first-order valence-corrected chi connectivity index (χ1v) is 8.90. The summed E-state index contributed by atoms with van der Waals surface area (Å²) in [5.74, 6) is 0.532. The number of carbonyl (C=O) groups is 1. The minimum absolute atomic E-state index is 0.0345. The molecule has 3 N–H and O–H groups in total. The Morgan fingerprint density at radius 1 is 1.15 bits per heavy atom. The Morgan fingerprint density at radius 2 is 1.85 bits per heavy atom. The number of amides is 1. The van der Waals surface area contributed by atoms with Gasteiger partial charge in [0, 0.05) is 6.54 Å². The molecule has 146 valence electrons. The number of hydrogen-bond acceptors (Lipinski definition) is 5. The van der Waals surface area contributed by atoms with E-state index in [-0.39, 0.29) is 30.4 Å². The van der Waals surface area contributed by atoms with Crippen molar-refractivity contribution in [3.8, 4) is 11.5 Å². The van der Waals surface area contributed by atoms with Crippen molar-refractivity contribution in [3.05, 3.63) is 59.2 Å². The predicted molar refractivity (Wildman–Crippen MR) is 103 cm³/mol. The highest BCUT2D eigenvalue weighted by Crippen LogP contribution is 2.23. The number of phenolic OH excluding ortho intramolecular Hbond substituents is 1. The second kappa shape index (κ2) is 9.94. The molecule has 0 saturated heterocycles. The van der Waals surface area contributed by atoms with Crippen molar-refractivity contribution in [1.29, 1.82) is 0 Å². The maximum absolute atomic E-state index is 12.2. The van der Waals surface area contributed by atoms with Crippen molar-refractivity contribution >= 4 is 5.91 Å². The van der Waals surface area contributed by atoms with Gasteiger partial charge in [0.2, 0.25) is 0 Å². The zero-order valence-electron chi connectivity index (χ0n) is 15.9. The molecule has 0 spiro atoms. The van der Waals surface area contributed by atoms with Crippen LogP contribution < -0.4 is 10.1 Å². The van der Waals surface area contributed by atoms with E-state index in [0.717, 1.165) is 16.9 Å². The largest absolute Gasteiger partial charge is 0.507 e. The number of phenols is 1. The lowest BCUT2D eigenvalue weighted by Gasteiger charge is -2.14. The molecule has 0 radical (unpaired) electrons. The molecule has 6 heteroatoms. The summed E-state index contributed by atoms with van der Waals surface area (Å²) >= 11 is 0. The average molecular weight is 373 g/mol. The van der Waals surface area contributed by atoms with E-state index >= 15 is 0 Å². The molecule has 0 bridgehead atoms. The Morgan fingerprint density at radius 3 is 2.44 bits per heavy atom. The third-order valence-corrected chi connectivity index (χ3v) is 4.17. The van der Waals surface area contributed by atoms with Crippen LogP contribution in [0.25, 0.3) is 0 Å². The first-order valence-electron chi connectivity index (χ1n) is 8.90. The lowest BCUT2D eigenvalue weighted by molar-refractivity contribution is 0.0285. The molecule has 2 aromatic carbocycles. The molecular formula is C21H27NO5. The summed E-state index contributed by atoms with van der Waals surface area (Å²) in [6, 6.07) is 12.4. The zero-order valence-corrected chi connectivity index (χ0v) is 15.9. The van der Waals surface area contributed by atoms with Gasteiger partial charge in [-0.1, -0.05) is 32.0 Å². The molecule has 0 aromatic heterocycles. The van der Waals surface area contributed by atoms with Gasteiger partial charge in [-0.15, -0.1) is 0 Å². The van der Waals surface area contributed by atoms with Gasteiger partial charge in [0.1, 0.15) is 11.5 Å². The summed E-state index contributed by atoms with van der Waals surface area (Å²) in [5.41, 5.74) is 2.10. The Hall–Kier alpha value is -2.57. The Labute approximate surface area is 159 Å². The summed E-state index contributed by atoms with van der Waals surface area (Å²) in [7, 11) is 1.61. The van der Waals surface area contributed by atoms with E-state index in [1.54, 1.807) is 19.2 Å². The molecule has 2 rings (SSSR count). The van der Waals surface area contributed by atoms with Crippen molar-refractivity contribution in [2.75, 3.05) is 20.3 Å². The van der Waals surface area contributed by atoms with Gasteiger partial charge in [0.15, 0.2) is 0 Å². The predicted octanol–water partition coefficient (Wildman–Crippen LogP) is 2.83. The number of nitrogens with one attached hydrogen (secondary N) is 1. The van der Waals surface area contributed by atoms with Gasteiger partial charge in [0.25, 0.3) is 5.91 Å². The quantitative estimate of drug-likeness (QED) is 0.629. The summed E-state index contributed by atoms with van der Waals surface area (Å²) in [5, 5.41) is 22.6. The van der Waals surface area contributed by atoms with Gasteiger partial charge in [-0.3, -0.25) is 4.79 Å². The van der Waals surface area contributed by atoms with Gasteiger partial charge in [-0.05, 0) is 41.3 Å². The van der Waals surface area contributed by atoms with E-state index in [1.165, 1.54) is 0 Å². The number of ether oxygens (including phenoxy) is 2. The number of aliphatic hydroxyl groups is 1. The lowest BCUT2D eigenvalue weighted by atomic mass is 10.0. The van der Waals surface area contributed by atoms with Crippen LogP contribution in [0.2, 0.25) is 0 Å². The van der Waals surface area contributed by atoms with Gasteiger partial charge in [0.05, 0.1) is 32.0 Å². The highest BCUT2D eigenvalue weighted by Gasteiger charge is 2.14. The molecule has 0 heterocycles. The first-order chi connectivity index (χ1) is 12.9. The topological polar surface area (TPSA) is 88.0 Å². The molecule has 2 aromatic rings. The van der Waals surface area contributed by atoms with Gasteiger partial charge in [-0.2, -0.15) is 0 Å². The molecule has 1 unspecified atom stereocenters. The molecule has 0 aliphatic heterocycles. The van der Waals surface area contributed by atoms with Crippen LogP contribution >= 0.6 is 0 Å². The van der Waals surface area contributed by atoms with E-state index in [4.69, 9.17) is 9.47 Å². The van der Waals surface area contributed by atoms with Gasteiger partial charge < -0.3 is 25.0 Å². The van der Waals surface area contributed by atoms with Crippen LogP contribution in [0.3, 0.4) is 0 Å². The molecular weight excluding hydrogens is 346 g/mol. The van der Waals surface area contributed by atoms with Crippen molar-refractivity contribution < 1.29 is 24.5 Å². The SMILES string of the molecule is COc1ccc(COCC(O)CNC(=O)c2ccc(C(C)C)cc2O)cc1. The van der Waals surface area contributed by atoms with Crippen LogP contribution in [-0.2, 0) is 11.3 Å².